The molecule has 0 bridgehead atoms. The Morgan fingerprint density at radius 1 is 1.13 bits per heavy atom. The van der Waals surface area contributed by atoms with Crippen LogP contribution in [0.4, 0.5) is 4.39 Å². The molecule has 0 aliphatic carbocycles. The minimum Gasteiger partial charge on any atom is -0.350 e. The predicted molar refractivity (Wildman–Crippen MR) is 113 cm³/mol. The van der Waals surface area contributed by atoms with E-state index in [1.807, 2.05) is 44.2 Å². The molecule has 6 nitrogen and oxygen atoms in total. The van der Waals surface area contributed by atoms with Gasteiger partial charge in [-0.25, -0.2) is 4.39 Å². The molecule has 3 aromatic rings. The number of carbonyl (C=O) groups excluding carboxylic acids is 2. The summed E-state index contributed by atoms with van der Waals surface area (Å²) in [5, 5.41) is 8.37. The van der Waals surface area contributed by atoms with Crippen molar-refractivity contribution in [1.29, 1.82) is 0 Å². The summed E-state index contributed by atoms with van der Waals surface area (Å²) >= 11 is 1.09. The molecule has 1 N–H and O–H groups in total. The molecular weight excluding hydrogens is 403 g/mol. The number of aromatic nitrogens is 2. The second-order valence-electron chi connectivity index (χ2n) is 6.92. The summed E-state index contributed by atoms with van der Waals surface area (Å²) in [5.74, 6) is -0.996. The van der Waals surface area contributed by atoms with Crippen molar-refractivity contribution in [2.75, 3.05) is 0 Å². The van der Waals surface area contributed by atoms with Crippen LogP contribution in [-0.4, -0.2) is 32.3 Å². The van der Waals surface area contributed by atoms with Gasteiger partial charge in [-0.2, -0.15) is 0 Å². The lowest BCUT2D eigenvalue weighted by Crippen LogP contribution is -2.47. The Hall–Kier alpha value is -3.13. The molecule has 0 aliphatic rings. The molecule has 156 valence electrons. The number of hydrogen-bond acceptors (Lipinski definition) is 5. The molecule has 0 saturated carbocycles. The van der Waals surface area contributed by atoms with Gasteiger partial charge in [0.15, 0.2) is 5.69 Å². The lowest BCUT2D eigenvalue weighted by atomic mass is 10.0. The molecule has 0 spiro atoms. The maximum atomic E-state index is 13.3. The van der Waals surface area contributed by atoms with Crippen molar-refractivity contribution >= 4 is 23.3 Å². The van der Waals surface area contributed by atoms with Gasteiger partial charge in [0, 0.05) is 18.0 Å². The molecule has 2 atom stereocenters. The summed E-state index contributed by atoms with van der Waals surface area (Å²) in [6.45, 7) is 4.09. The van der Waals surface area contributed by atoms with Crippen molar-refractivity contribution in [1.82, 2.24) is 19.8 Å². The first kappa shape index (κ1) is 21.6. The third kappa shape index (κ3) is 5.07. The van der Waals surface area contributed by atoms with Crippen LogP contribution >= 0.6 is 11.5 Å². The van der Waals surface area contributed by atoms with E-state index < -0.39 is 6.04 Å². The predicted octanol–water partition coefficient (Wildman–Crippen LogP) is 3.98. The lowest BCUT2D eigenvalue weighted by Gasteiger charge is -2.35. The van der Waals surface area contributed by atoms with Crippen LogP contribution in [0.1, 0.15) is 47.9 Å². The molecule has 30 heavy (non-hydrogen) atoms. The van der Waals surface area contributed by atoms with Gasteiger partial charge in [-0.3, -0.25) is 9.59 Å². The molecule has 0 saturated heterocycles. The SMILES string of the molecule is CC[C@@H](C)N(C(=O)c1csnn1)[C@H](C(=O)NCc1ccc(F)cc1)c1ccccc1. The summed E-state index contributed by atoms with van der Waals surface area (Å²) in [7, 11) is 0. The first-order valence-electron chi connectivity index (χ1n) is 9.68. The molecule has 1 aromatic heterocycles. The highest BCUT2D eigenvalue weighted by Gasteiger charge is 2.35. The van der Waals surface area contributed by atoms with Gasteiger partial charge < -0.3 is 10.2 Å². The number of carbonyl (C=O) groups is 2. The van der Waals surface area contributed by atoms with Gasteiger partial charge in [0.25, 0.3) is 5.91 Å². The smallest absolute Gasteiger partial charge is 0.276 e. The van der Waals surface area contributed by atoms with E-state index >= 15 is 0 Å². The van der Waals surface area contributed by atoms with E-state index in [0.29, 0.717) is 12.0 Å². The normalized spacial score (nSPS) is 12.8. The monoisotopic (exact) mass is 426 g/mol. The molecule has 0 radical (unpaired) electrons. The minimum atomic E-state index is -0.837. The highest BCUT2D eigenvalue weighted by Crippen LogP contribution is 2.27. The number of hydrogen-bond donors (Lipinski definition) is 1. The molecule has 0 unspecified atom stereocenters. The van der Waals surface area contributed by atoms with Crippen molar-refractivity contribution in [2.24, 2.45) is 0 Å². The average molecular weight is 427 g/mol. The van der Waals surface area contributed by atoms with Crippen molar-refractivity contribution in [2.45, 2.75) is 38.9 Å². The van der Waals surface area contributed by atoms with E-state index in [-0.39, 0.29) is 35.9 Å². The first-order chi connectivity index (χ1) is 14.5. The lowest BCUT2D eigenvalue weighted by molar-refractivity contribution is -0.126. The molecule has 0 fully saturated rings. The van der Waals surface area contributed by atoms with Gasteiger partial charge in [-0.15, -0.1) is 5.10 Å². The standard InChI is InChI=1S/C22H23FN4O2S/c1-3-15(2)27(22(29)19-14-30-26-25-19)20(17-7-5-4-6-8-17)21(28)24-13-16-9-11-18(23)12-10-16/h4-12,14-15,20H,3,13H2,1-2H3,(H,24,28)/t15-,20+/m1/s1. The maximum Gasteiger partial charge on any atom is 0.276 e. The Morgan fingerprint density at radius 2 is 1.83 bits per heavy atom. The fourth-order valence-electron chi connectivity index (χ4n) is 3.12. The van der Waals surface area contributed by atoms with E-state index in [0.717, 1.165) is 17.1 Å². The third-order valence-corrected chi connectivity index (χ3v) is 5.41. The summed E-state index contributed by atoms with van der Waals surface area (Å²) in [6, 6.07) is 14.1. The van der Waals surface area contributed by atoms with Crippen LogP contribution in [0.5, 0.6) is 0 Å². The highest BCUT2D eigenvalue weighted by molar-refractivity contribution is 7.03. The van der Waals surface area contributed by atoms with Crippen molar-refractivity contribution in [3.8, 4) is 0 Å². The number of nitrogens with zero attached hydrogens (tertiary/aromatic N) is 3. The Morgan fingerprint density at radius 3 is 2.43 bits per heavy atom. The highest BCUT2D eigenvalue weighted by atomic mass is 32.1. The molecule has 8 heteroatoms. The topological polar surface area (TPSA) is 75.2 Å². The number of benzene rings is 2. The molecular formula is C22H23FN4O2S. The summed E-state index contributed by atoms with van der Waals surface area (Å²) in [4.78, 5) is 28.1. The molecule has 2 amide bonds. The zero-order valence-corrected chi connectivity index (χ0v) is 17.6. The summed E-state index contributed by atoms with van der Waals surface area (Å²) in [5.41, 5.74) is 1.68. The number of nitrogens with one attached hydrogen (secondary N) is 1. The summed E-state index contributed by atoms with van der Waals surface area (Å²) < 4.78 is 16.9. The average Bonchev–Trinajstić information content (AvgIpc) is 3.31. The fourth-order valence-corrected chi connectivity index (χ4v) is 3.55. The zero-order valence-electron chi connectivity index (χ0n) is 16.8. The number of halogens is 1. The van der Waals surface area contributed by atoms with Crippen LogP contribution in [0.15, 0.2) is 60.0 Å². The molecule has 0 aliphatic heterocycles. The van der Waals surface area contributed by atoms with Crippen LogP contribution in [0.25, 0.3) is 0 Å². The second kappa shape index (κ2) is 10.1. The summed E-state index contributed by atoms with van der Waals surface area (Å²) in [6.07, 6.45) is 0.665. The van der Waals surface area contributed by atoms with E-state index in [4.69, 9.17) is 0 Å². The van der Waals surface area contributed by atoms with Crippen LogP contribution < -0.4 is 5.32 Å². The zero-order chi connectivity index (χ0) is 21.5. The Balaban J connectivity index is 1.92. The third-order valence-electron chi connectivity index (χ3n) is 4.90. The van der Waals surface area contributed by atoms with Crippen LogP contribution in [0.2, 0.25) is 0 Å². The Kier molecular flexibility index (Phi) is 7.24. The van der Waals surface area contributed by atoms with Crippen LogP contribution in [0.3, 0.4) is 0 Å². The van der Waals surface area contributed by atoms with Gasteiger partial charge in [0.05, 0.1) is 0 Å². The Labute approximate surface area is 178 Å². The molecule has 2 aromatic carbocycles. The second-order valence-corrected chi connectivity index (χ2v) is 7.53. The molecule has 1 heterocycles. The van der Waals surface area contributed by atoms with Gasteiger partial charge in [-0.1, -0.05) is 53.9 Å². The van der Waals surface area contributed by atoms with Gasteiger partial charge >= 0.3 is 0 Å². The minimum absolute atomic E-state index is 0.207. The van der Waals surface area contributed by atoms with Crippen molar-refractivity contribution in [3.05, 3.63) is 82.6 Å². The fraction of sp³-hybridized carbons (Fsp3) is 0.273. The van der Waals surface area contributed by atoms with Crippen LogP contribution in [-0.2, 0) is 11.3 Å². The van der Waals surface area contributed by atoms with E-state index in [9.17, 15) is 14.0 Å². The quantitative estimate of drug-likeness (QED) is 0.591. The Bertz CT molecular complexity index is 965. The van der Waals surface area contributed by atoms with E-state index in [1.165, 1.54) is 12.1 Å². The van der Waals surface area contributed by atoms with Gasteiger partial charge in [0.1, 0.15) is 11.9 Å². The van der Waals surface area contributed by atoms with E-state index in [1.54, 1.807) is 22.4 Å². The molecule has 3 rings (SSSR count). The number of rotatable bonds is 8. The van der Waals surface area contributed by atoms with E-state index in [2.05, 4.69) is 14.9 Å². The van der Waals surface area contributed by atoms with Crippen LogP contribution in [0, 0.1) is 5.82 Å². The first-order valence-corrected chi connectivity index (χ1v) is 10.5. The van der Waals surface area contributed by atoms with Gasteiger partial charge in [0.2, 0.25) is 5.91 Å². The largest absolute Gasteiger partial charge is 0.350 e. The number of amides is 2. The maximum absolute atomic E-state index is 13.3. The van der Waals surface area contributed by atoms with Crippen molar-refractivity contribution < 1.29 is 14.0 Å². The van der Waals surface area contributed by atoms with Crippen molar-refractivity contribution in [3.63, 3.8) is 0 Å². The van der Waals surface area contributed by atoms with Gasteiger partial charge in [-0.05, 0) is 48.1 Å².